The molecular formula is C20H32N6O3. The molecule has 9 heteroatoms. The monoisotopic (exact) mass is 404 g/mol. The summed E-state index contributed by atoms with van der Waals surface area (Å²) in [7, 11) is 1.54. The van der Waals surface area contributed by atoms with Gasteiger partial charge in [0.25, 0.3) is 5.56 Å². The number of nitrogens with zero attached hydrogens (tertiary/aromatic N) is 3. The molecular weight excluding hydrogens is 372 g/mol. The van der Waals surface area contributed by atoms with Crippen molar-refractivity contribution >= 4 is 17.1 Å². The number of aromatic amines is 2. The van der Waals surface area contributed by atoms with Gasteiger partial charge in [0.1, 0.15) is 11.3 Å². The number of carbonyl (C=O) groups is 1. The highest BCUT2D eigenvalue weighted by atomic mass is 16.2. The number of hydrogen-bond donors (Lipinski definition) is 3. The van der Waals surface area contributed by atoms with Crippen molar-refractivity contribution in [3.63, 3.8) is 0 Å². The summed E-state index contributed by atoms with van der Waals surface area (Å²) in [5.74, 6) is 2.04. The van der Waals surface area contributed by atoms with Crippen LogP contribution in [0.5, 0.6) is 0 Å². The summed E-state index contributed by atoms with van der Waals surface area (Å²) in [5, 5.41) is 2.95. The molecule has 0 aromatic carbocycles. The van der Waals surface area contributed by atoms with Gasteiger partial charge in [0.05, 0.1) is 0 Å². The van der Waals surface area contributed by atoms with Crippen LogP contribution in [0, 0.1) is 11.8 Å². The maximum absolute atomic E-state index is 12.1. The molecule has 3 N–H and O–H groups in total. The standard InChI is InChI=1S/C20H32N6O3/c1-13-10-14(2)12-26(11-13)9-5-4-8-21-16(27)7-6-15-22-17-18(23-15)25(3)20(29)24-19(17)28/h13-14H,4-12H2,1-3H3,(H,21,27)(H,22,23)(H,24,28,29). The SMILES string of the molecule is CC1CC(C)CN(CCCCNC(=O)CCc2nc3c([nH]2)c(=O)[nH]c(=O)n3C)C1. The van der Waals surface area contributed by atoms with Gasteiger partial charge in [-0.3, -0.25) is 19.1 Å². The van der Waals surface area contributed by atoms with Gasteiger partial charge in [-0.1, -0.05) is 13.8 Å². The summed E-state index contributed by atoms with van der Waals surface area (Å²) in [4.78, 5) is 47.5. The van der Waals surface area contributed by atoms with Gasteiger partial charge in [0.2, 0.25) is 5.91 Å². The number of carbonyl (C=O) groups excluding carboxylic acids is 1. The Bertz CT molecular complexity index is 949. The molecule has 1 saturated heterocycles. The summed E-state index contributed by atoms with van der Waals surface area (Å²) in [5.41, 5.74) is -0.449. The lowest BCUT2D eigenvalue weighted by Gasteiger charge is -2.34. The van der Waals surface area contributed by atoms with E-state index < -0.39 is 11.2 Å². The quantitative estimate of drug-likeness (QED) is 0.562. The van der Waals surface area contributed by atoms with E-state index in [2.05, 4.69) is 39.0 Å². The zero-order chi connectivity index (χ0) is 21.0. The summed E-state index contributed by atoms with van der Waals surface area (Å²) < 4.78 is 1.28. The summed E-state index contributed by atoms with van der Waals surface area (Å²) in [6.07, 6.45) is 4.04. The first-order chi connectivity index (χ1) is 13.8. The largest absolute Gasteiger partial charge is 0.356 e. The van der Waals surface area contributed by atoms with Gasteiger partial charge < -0.3 is 15.2 Å². The second-order valence-electron chi connectivity index (χ2n) is 8.46. The zero-order valence-corrected chi connectivity index (χ0v) is 17.6. The highest BCUT2D eigenvalue weighted by Gasteiger charge is 2.21. The first-order valence-corrected chi connectivity index (χ1v) is 10.5. The van der Waals surface area contributed by atoms with E-state index in [-0.39, 0.29) is 17.8 Å². The Labute approximate surface area is 169 Å². The van der Waals surface area contributed by atoms with Crippen LogP contribution < -0.4 is 16.6 Å². The van der Waals surface area contributed by atoms with Crippen molar-refractivity contribution in [1.29, 1.82) is 0 Å². The van der Waals surface area contributed by atoms with Crippen LogP contribution in [0.1, 0.15) is 45.4 Å². The highest BCUT2D eigenvalue weighted by molar-refractivity contribution is 5.76. The maximum atomic E-state index is 12.1. The van der Waals surface area contributed by atoms with Crippen molar-refractivity contribution < 1.29 is 4.79 Å². The minimum Gasteiger partial charge on any atom is -0.356 e. The fourth-order valence-electron chi connectivity index (χ4n) is 4.25. The van der Waals surface area contributed by atoms with E-state index in [9.17, 15) is 14.4 Å². The van der Waals surface area contributed by atoms with Gasteiger partial charge in [0.15, 0.2) is 5.65 Å². The number of aryl methyl sites for hydroxylation is 2. The van der Waals surface area contributed by atoms with Crippen LogP contribution in [0.4, 0.5) is 0 Å². The Morgan fingerprint density at radius 3 is 2.62 bits per heavy atom. The molecule has 1 amide bonds. The van der Waals surface area contributed by atoms with Crippen molar-refractivity contribution in [2.45, 2.75) is 46.0 Å². The molecule has 29 heavy (non-hydrogen) atoms. The lowest BCUT2D eigenvalue weighted by molar-refractivity contribution is -0.121. The Morgan fingerprint density at radius 2 is 1.90 bits per heavy atom. The van der Waals surface area contributed by atoms with Gasteiger partial charge in [-0.25, -0.2) is 9.78 Å². The summed E-state index contributed by atoms with van der Waals surface area (Å²) in [6, 6.07) is 0. The normalized spacial score (nSPS) is 20.2. The van der Waals surface area contributed by atoms with E-state index >= 15 is 0 Å². The molecule has 2 aromatic heterocycles. The van der Waals surface area contributed by atoms with Gasteiger partial charge in [0, 0.05) is 39.5 Å². The Hall–Kier alpha value is -2.42. The molecule has 9 nitrogen and oxygen atoms in total. The Morgan fingerprint density at radius 1 is 1.17 bits per heavy atom. The number of likely N-dealkylation sites (tertiary alicyclic amines) is 1. The van der Waals surface area contributed by atoms with E-state index in [1.165, 1.54) is 24.1 Å². The second-order valence-corrected chi connectivity index (χ2v) is 8.46. The number of amides is 1. The average Bonchev–Trinajstić information content (AvgIpc) is 3.09. The van der Waals surface area contributed by atoms with Crippen LogP contribution >= 0.6 is 0 Å². The van der Waals surface area contributed by atoms with Crippen molar-refractivity contribution in [3.05, 3.63) is 26.7 Å². The molecule has 0 bridgehead atoms. The number of rotatable bonds is 8. The molecule has 0 saturated carbocycles. The van der Waals surface area contributed by atoms with Crippen LogP contribution in [0.2, 0.25) is 0 Å². The molecule has 1 fully saturated rings. The van der Waals surface area contributed by atoms with Crippen LogP contribution in [0.25, 0.3) is 11.2 Å². The maximum Gasteiger partial charge on any atom is 0.329 e. The average molecular weight is 405 g/mol. The van der Waals surface area contributed by atoms with Gasteiger partial charge in [-0.2, -0.15) is 0 Å². The number of aromatic nitrogens is 4. The molecule has 2 unspecified atom stereocenters. The number of nitrogens with one attached hydrogen (secondary N) is 3. The third-order valence-corrected chi connectivity index (χ3v) is 5.56. The highest BCUT2D eigenvalue weighted by Crippen LogP contribution is 2.20. The number of imidazole rings is 1. The second kappa shape index (κ2) is 9.39. The number of H-pyrrole nitrogens is 2. The van der Waals surface area contributed by atoms with E-state index in [0.717, 1.165) is 31.2 Å². The third-order valence-electron chi connectivity index (χ3n) is 5.56. The molecule has 2 aromatic rings. The van der Waals surface area contributed by atoms with Crippen LogP contribution in [-0.2, 0) is 18.3 Å². The number of unbranched alkanes of at least 4 members (excludes halogenated alkanes) is 1. The number of hydrogen-bond acceptors (Lipinski definition) is 5. The predicted molar refractivity (Wildman–Crippen MR) is 112 cm³/mol. The zero-order valence-electron chi connectivity index (χ0n) is 17.6. The summed E-state index contributed by atoms with van der Waals surface area (Å²) in [6.45, 7) is 8.77. The topological polar surface area (TPSA) is 116 Å². The van der Waals surface area contributed by atoms with Crippen LogP contribution in [-0.4, -0.2) is 56.5 Å². The van der Waals surface area contributed by atoms with Crippen LogP contribution in [0.3, 0.4) is 0 Å². The number of fused-ring (bicyclic) bond motifs is 1. The summed E-state index contributed by atoms with van der Waals surface area (Å²) >= 11 is 0. The molecule has 2 atom stereocenters. The minimum absolute atomic E-state index is 0.0338. The first kappa shape index (κ1) is 21.3. The lowest BCUT2D eigenvalue weighted by Crippen LogP contribution is -2.39. The molecule has 0 aliphatic carbocycles. The molecule has 3 heterocycles. The van der Waals surface area contributed by atoms with Gasteiger partial charge >= 0.3 is 5.69 Å². The van der Waals surface area contributed by atoms with E-state index in [0.29, 0.717) is 24.4 Å². The molecule has 0 spiro atoms. The lowest BCUT2D eigenvalue weighted by atomic mass is 9.92. The van der Waals surface area contributed by atoms with Crippen molar-refractivity contribution in [1.82, 2.24) is 29.7 Å². The Balaban J connectivity index is 1.38. The van der Waals surface area contributed by atoms with Crippen molar-refractivity contribution in [2.24, 2.45) is 18.9 Å². The molecule has 0 radical (unpaired) electrons. The van der Waals surface area contributed by atoms with Crippen molar-refractivity contribution in [3.8, 4) is 0 Å². The fourth-order valence-corrected chi connectivity index (χ4v) is 4.25. The van der Waals surface area contributed by atoms with E-state index in [1.807, 2.05) is 0 Å². The Kier molecular flexibility index (Phi) is 6.89. The van der Waals surface area contributed by atoms with Crippen LogP contribution in [0.15, 0.2) is 9.59 Å². The van der Waals surface area contributed by atoms with Gasteiger partial charge in [-0.05, 0) is 37.6 Å². The van der Waals surface area contributed by atoms with E-state index in [1.54, 1.807) is 7.05 Å². The van der Waals surface area contributed by atoms with Gasteiger partial charge in [-0.15, -0.1) is 0 Å². The first-order valence-electron chi connectivity index (χ1n) is 10.5. The molecule has 160 valence electrons. The van der Waals surface area contributed by atoms with Crippen molar-refractivity contribution in [2.75, 3.05) is 26.2 Å². The third kappa shape index (κ3) is 5.56. The number of piperidine rings is 1. The molecule has 3 rings (SSSR count). The van der Waals surface area contributed by atoms with E-state index in [4.69, 9.17) is 0 Å². The fraction of sp³-hybridized carbons (Fsp3) is 0.700. The molecule has 1 aliphatic heterocycles. The predicted octanol–water partition coefficient (Wildman–Crippen LogP) is 0.757. The minimum atomic E-state index is -0.508. The molecule has 1 aliphatic rings. The smallest absolute Gasteiger partial charge is 0.329 e.